The van der Waals surface area contributed by atoms with Gasteiger partial charge in [0.1, 0.15) is 5.82 Å². The average Bonchev–Trinajstić information content (AvgIpc) is 2.50. The van der Waals surface area contributed by atoms with Crippen LogP contribution >= 0.6 is 11.6 Å². The minimum atomic E-state index is -0.254. The quantitative estimate of drug-likeness (QED) is 0.795. The highest BCUT2D eigenvalue weighted by Gasteiger charge is 2.30. The van der Waals surface area contributed by atoms with Crippen molar-refractivity contribution in [3.05, 3.63) is 34.6 Å². The lowest BCUT2D eigenvalue weighted by atomic mass is 9.95. The second kappa shape index (κ2) is 4.08. The molecule has 0 aliphatic carbocycles. The molecule has 0 amide bonds. The monoisotopic (exact) mass is 228 g/mol. The maximum atomic E-state index is 13.1. The van der Waals surface area contributed by atoms with Crippen LogP contribution in [0.5, 0.6) is 0 Å². The molecule has 1 aromatic carbocycles. The molecular weight excluding hydrogens is 215 g/mol. The van der Waals surface area contributed by atoms with Crippen LogP contribution in [0, 0.1) is 5.82 Å². The maximum absolute atomic E-state index is 13.1. The number of nitrogens with zero attached hydrogens (tertiary/aromatic N) is 1. The molecule has 1 aliphatic rings. The van der Waals surface area contributed by atoms with E-state index in [9.17, 15) is 4.39 Å². The Morgan fingerprint density at radius 2 is 2.20 bits per heavy atom. The van der Waals surface area contributed by atoms with Crippen LogP contribution < -0.4 is 5.73 Å². The molecule has 0 aromatic heterocycles. The van der Waals surface area contributed by atoms with E-state index in [4.69, 9.17) is 17.3 Å². The molecular formula is C11H14ClFN2. The molecule has 2 unspecified atom stereocenters. The molecule has 1 heterocycles. The summed E-state index contributed by atoms with van der Waals surface area (Å²) >= 11 is 6.05. The van der Waals surface area contributed by atoms with Crippen LogP contribution in [0.2, 0.25) is 5.02 Å². The van der Waals surface area contributed by atoms with Gasteiger partial charge >= 0.3 is 0 Å². The summed E-state index contributed by atoms with van der Waals surface area (Å²) in [5.41, 5.74) is 6.82. The molecule has 0 saturated carbocycles. The van der Waals surface area contributed by atoms with Crippen molar-refractivity contribution in [1.29, 1.82) is 0 Å². The fourth-order valence-electron chi connectivity index (χ4n) is 2.16. The Kier molecular flexibility index (Phi) is 2.96. The van der Waals surface area contributed by atoms with Gasteiger partial charge in [-0.1, -0.05) is 11.6 Å². The van der Waals surface area contributed by atoms with Crippen molar-refractivity contribution in [3.8, 4) is 0 Å². The Balaban J connectivity index is 2.32. The summed E-state index contributed by atoms with van der Waals surface area (Å²) in [6, 6.07) is 4.49. The molecule has 2 N–H and O–H groups in total. The lowest BCUT2D eigenvalue weighted by Crippen LogP contribution is -2.28. The van der Waals surface area contributed by atoms with Crippen LogP contribution in [0.15, 0.2) is 18.2 Å². The fourth-order valence-corrected chi connectivity index (χ4v) is 2.42. The summed E-state index contributed by atoms with van der Waals surface area (Å²) < 4.78 is 13.1. The molecule has 82 valence electrons. The molecule has 1 saturated heterocycles. The molecule has 4 heteroatoms. The normalized spacial score (nSPS) is 27.2. The third-order valence-corrected chi connectivity index (χ3v) is 3.25. The van der Waals surface area contributed by atoms with Crippen LogP contribution in [-0.2, 0) is 0 Å². The minimum Gasteiger partial charge on any atom is -0.326 e. The van der Waals surface area contributed by atoms with Gasteiger partial charge in [0, 0.05) is 30.1 Å². The van der Waals surface area contributed by atoms with Gasteiger partial charge < -0.3 is 10.6 Å². The Morgan fingerprint density at radius 1 is 1.47 bits per heavy atom. The summed E-state index contributed by atoms with van der Waals surface area (Å²) in [4.78, 5) is 2.14. The zero-order valence-corrected chi connectivity index (χ0v) is 9.34. The zero-order chi connectivity index (χ0) is 11.0. The van der Waals surface area contributed by atoms with E-state index in [-0.39, 0.29) is 17.8 Å². The lowest BCUT2D eigenvalue weighted by molar-refractivity contribution is 0.407. The molecule has 15 heavy (non-hydrogen) atoms. The van der Waals surface area contributed by atoms with Crippen molar-refractivity contribution in [1.82, 2.24) is 4.90 Å². The van der Waals surface area contributed by atoms with Gasteiger partial charge in [-0.3, -0.25) is 0 Å². The van der Waals surface area contributed by atoms with Gasteiger partial charge in [-0.15, -0.1) is 0 Å². The van der Waals surface area contributed by atoms with Crippen LogP contribution in [-0.4, -0.2) is 31.1 Å². The number of benzene rings is 1. The maximum Gasteiger partial charge on any atom is 0.123 e. The Hall–Kier alpha value is -0.640. The summed E-state index contributed by atoms with van der Waals surface area (Å²) in [6.45, 7) is 1.67. The number of hydrogen-bond donors (Lipinski definition) is 1. The Labute approximate surface area is 93.8 Å². The van der Waals surface area contributed by atoms with Crippen LogP contribution in [0.4, 0.5) is 4.39 Å². The zero-order valence-electron chi connectivity index (χ0n) is 8.58. The number of likely N-dealkylation sites (N-methyl/N-ethyl adjacent to an activating group) is 1. The van der Waals surface area contributed by atoms with Gasteiger partial charge in [0.15, 0.2) is 0 Å². The SMILES string of the molecule is CN1CC(N)C(c2cc(F)ccc2Cl)C1. The Bertz CT molecular complexity index is 370. The number of nitrogens with two attached hydrogens (primary N) is 1. The largest absolute Gasteiger partial charge is 0.326 e. The van der Waals surface area contributed by atoms with Gasteiger partial charge in [0.05, 0.1) is 0 Å². The highest BCUT2D eigenvalue weighted by molar-refractivity contribution is 6.31. The molecule has 0 radical (unpaired) electrons. The van der Waals surface area contributed by atoms with Gasteiger partial charge in [0.2, 0.25) is 0 Å². The Morgan fingerprint density at radius 3 is 2.80 bits per heavy atom. The van der Waals surface area contributed by atoms with E-state index >= 15 is 0 Å². The van der Waals surface area contributed by atoms with Crippen LogP contribution in [0.1, 0.15) is 11.5 Å². The van der Waals surface area contributed by atoms with Crippen molar-refractivity contribution < 1.29 is 4.39 Å². The molecule has 2 atom stereocenters. The highest BCUT2D eigenvalue weighted by atomic mass is 35.5. The number of likely N-dealkylation sites (tertiary alicyclic amines) is 1. The predicted molar refractivity (Wildman–Crippen MR) is 59.6 cm³/mol. The van der Waals surface area contributed by atoms with E-state index in [0.717, 1.165) is 18.7 Å². The number of rotatable bonds is 1. The summed E-state index contributed by atoms with van der Waals surface area (Å²) in [5.74, 6) is -0.116. The summed E-state index contributed by atoms with van der Waals surface area (Å²) in [6.07, 6.45) is 0. The molecule has 0 spiro atoms. The molecule has 0 bridgehead atoms. The first-order valence-corrected chi connectivity index (χ1v) is 5.35. The first-order valence-electron chi connectivity index (χ1n) is 4.97. The topological polar surface area (TPSA) is 29.3 Å². The number of halogens is 2. The first-order chi connectivity index (χ1) is 7.08. The van der Waals surface area contributed by atoms with Crippen molar-refractivity contribution in [3.63, 3.8) is 0 Å². The minimum absolute atomic E-state index is 0.0364. The first kappa shape index (κ1) is 10.9. The van der Waals surface area contributed by atoms with E-state index in [1.807, 2.05) is 7.05 Å². The second-order valence-electron chi connectivity index (χ2n) is 4.16. The average molecular weight is 229 g/mol. The van der Waals surface area contributed by atoms with Crippen molar-refractivity contribution in [2.24, 2.45) is 5.73 Å². The van der Waals surface area contributed by atoms with E-state index in [1.165, 1.54) is 12.1 Å². The van der Waals surface area contributed by atoms with Crippen molar-refractivity contribution in [2.75, 3.05) is 20.1 Å². The highest BCUT2D eigenvalue weighted by Crippen LogP contribution is 2.31. The van der Waals surface area contributed by atoms with E-state index < -0.39 is 0 Å². The second-order valence-corrected chi connectivity index (χ2v) is 4.56. The third-order valence-electron chi connectivity index (χ3n) is 2.91. The molecule has 2 nitrogen and oxygen atoms in total. The molecule has 2 rings (SSSR count). The molecule has 1 aliphatic heterocycles. The van der Waals surface area contributed by atoms with Gasteiger partial charge in [-0.05, 0) is 30.8 Å². The van der Waals surface area contributed by atoms with E-state index in [0.29, 0.717) is 5.02 Å². The van der Waals surface area contributed by atoms with Gasteiger partial charge in [-0.2, -0.15) is 0 Å². The van der Waals surface area contributed by atoms with Crippen molar-refractivity contribution in [2.45, 2.75) is 12.0 Å². The van der Waals surface area contributed by atoms with Gasteiger partial charge in [-0.25, -0.2) is 4.39 Å². The van der Waals surface area contributed by atoms with Crippen molar-refractivity contribution >= 4 is 11.6 Å². The smallest absolute Gasteiger partial charge is 0.123 e. The van der Waals surface area contributed by atoms with E-state index in [2.05, 4.69) is 4.90 Å². The summed E-state index contributed by atoms with van der Waals surface area (Å²) in [7, 11) is 2.01. The number of hydrogen-bond acceptors (Lipinski definition) is 2. The fraction of sp³-hybridized carbons (Fsp3) is 0.455. The van der Waals surface area contributed by atoms with Crippen LogP contribution in [0.3, 0.4) is 0 Å². The van der Waals surface area contributed by atoms with Gasteiger partial charge in [0.25, 0.3) is 0 Å². The summed E-state index contributed by atoms with van der Waals surface area (Å²) in [5, 5.41) is 0.604. The molecule has 1 fully saturated rings. The third kappa shape index (κ3) is 2.14. The standard InChI is InChI=1S/C11H14ClFN2/c1-15-5-9(11(14)6-15)8-4-7(13)2-3-10(8)12/h2-4,9,11H,5-6,14H2,1H3. The predicted octanol–water partition coefficient (Wildman–Crippen LogP) is 1.84. The van der Waals surface area contributed by atoms with E-state index in [1.54, 1.807) is 6.07 Å². The molecule has 1 aromatic rings. The lowest BCUT2D eigenvalue weighted by Gasteiger charge is -2.16. The van der Waals surface area contributed by atoms with Crippen LogP contribution in [0.25, 0.3) is 0 Å².